The van der Waals surface area contributed by atoms with E-state index in [1.54, 1.807) is 24.3 Å². The first-order chi connectivity index (χ1) is 6.67. The van der Waals surface area contributed by atoms with E-state index in [9.17, 15) is 8.42 Å². The van der Waals surface area contributed by atoms with Gasteiger partial charge >= 0.3 is 0 Å². The second-order valence-electron chi connectivity index (χ2n) is 3.19. The molecule has 0 aliphatic carbocycles. The standard InChI is InChI=1S/C11H15O2S/c1-2-3-7-10-14(12,13)11-8-5-4-6-9-11/h4-6,8-9H,1-3,7,10H2. The number of hydrogen-bond acceptors (Lipinski definition) is 2. The molecule has 0 atom stereocenters. The minimum atomic E-state index is -3.06. The highest BCUT2D eigenvalue weighted by Crippen LogP contribution is 2.12. The number of rotatable bonds is 5. The Hall–Kier alpha value is -0.830. The Morgan fingerprint density at radius 3 is 2.29 bits per heavy atom. The summed E-state index contributed by atoms with van der Waals surface area (Å²) in [5, 5.41) is 0. The number of sulfone groups is 1. The van der Waals surface area contributed by atoms with E-state index < -0.39 is 9.84 Å². The summed E-state index contributed by atoms with van der Waals surface area (Å²) in [5.41, 5.74) is 0. The van der Waals surface area contributed by atoms with Crippen molar-refractivity contribution in [3.05, 3.63) is 37.3 Å². The van der Waals surface area contributed by atoms with Crippen molar-refractivity contribution in [3.8, 4) is 0 Å². The van der Waals surface area contributed by atoms with Crippen LogP contribution in [0.4, 0.5) is 0 Å². The van der Waals surface area contributed by atoms with E-state index >= 15 is 0 Å². The summed E-state index contributed by atoms with van der Waals surface area (Å²) in [6, 6.07) is 8.58. The van der Waals surface area contributed by atoms with Gasteiger partial charge in [0.2, 0.25) is 0 Å². The van der Waals surface area contributed by atoms with Crippen LogP contribution in [0.1, 0.15) is 19.3 Å². The zero-order valence-electron chi connectivity index (χ0n) is 8.15. The molecule has 1 rings (SSSR count). The molecule has 0 heterocycles. The molecule has 0 bridgehead atoms. The molecule has 1 radical (unpaired) electrons. The van der Waals surface area contributed by atoms with Gasteiger partial charge in [-0.15, -0.1) is 0 Å². The van der Waals surface area contributed by atoms with Crippen LogP contribution in [0, 0.1) is 6.92 Å². The van der Waals surface area contributed by atoms with Gasteiger partial charge < -0.3 is 0 Å². The molecule has 0 spiro atoms. The summed E-state index contributed by atoms with van der Waals surface area (Å²) in [6.45, 7) is 3.68. The first kappa shape index (κ1) is 11.2. The van der Waals surface area contributed by atoms with E-state index in [0.717, 1.165) is 12.8 Å². The Bertz CT molecular complexity index is 354. The third-order valence-corrected chi connectivity index (χ3v) is 3.83. The van der Waals surface area contributed by atoms with E-state index in [-0.39, 0.29) is 5.75 Å². The van der Waals surface area contributed by atoms with Crippen LogP contribution >= 0.6 is 0 Å². The topological polar surface area (TPSA) is 34.1 Å². The monoisotopic (exact) mass is 211 g/mol. The minimum Gasteiger partial charge on any atom is -0.224 e. The largest absolute Gasteiger partial charge is 0.224 e. The first-order valence-corrected chi connectivity index (χ1v) is 6.39. The van der Waals surface area contributed by atoms with Crippen molar-refractivity contribution in [1.82, 2.24) is 0 Å². The molecule has 0 aliphatic heterocycles. The molecule has 2 nitrogen and oxygen atoms in total. The fraction of sp³-hybridized carbons (Fsp3) is 0.364. The quantitative estimate of drug-likeness (QED) is 0.701. The van der Waals surface area contributed by atoms with E-state index in [4.69, 9.17) is 0 Å². The van der Waals surface area contributed by atoms with Crippen LogP contribution < -0.4 is 0 Å². The highest BCUT2D eigenvalue weighted by Gasteiger charge is 2.12. The third-order valence-electron chi connectivity index (χ3n) is 2.02. The van der Waals surface area contributed by atoms with Crippen LogP contribution in [0.15, 0.2) is 35.2 Å². The Kier molecular flexibility index (Phi) is 4.14. The SMILES string of the molecule is [CH2]CCCCS(=O)(=O)c1ccccc1. The fourth-order valence-corrected chi connectivity index (χ4v) is 2.61. The normalized spacial score (nSPS) is 11.5. The Morgan fingerprint density at radius 1 is 1.07 bits per heavy atom. The Balaban J connectivity index is 2.67. The number of benzene rings is 1. The van der Waals surface area contributed by atoms with Crippen LogP contribution in [0.3, 0.4) is 0 Å². The molecule has 0 aromatic heterocycles. The minimum absolute atomic E-state index is 0.229. The second-order valence-corrected chi connectivity index (χ2v) is 5.30. The molecule has 0 saturated carbocycles. The van der Waals surface area contributed by atoms with Crippen molar-refractivity contribution in [2.24, 2.45) is 0 Å². The first-order valence-electron chi connectivity index (χ1n) is 4.74. The highest BCUT2D eigenvalue weighted by atomic mass is 32.2. The molecular weight excluding hydrogens is 196 g/mol. The van der Waals surface area contributed by atoms with E-state index in [2.05, 4.69) is 6.92 Å². The highest BCUT2D eigenvalue weighted by molar-refractivity contribution is 7.91. The lowest BCUT2D eigenvalue weighted by Gasteiger charge is -2.02. The van der Waals surface area contributed by atoms with E-state index in [1.165, 1.54) is 0 Å². The lowest BCUT2D eigenvalue weighted by Crippen LogP contribution is -2.06. The molecule has 0 unspecified atom stereocenters. The zero-order valence-corrected chi connectivity index (χ0v) is 8.96. The lowest BCUT2D eigenvalue weighted by molar-refractivity contribution is 0.591. The van der Waals surface area contributed by atoms with E-state index in [0.29, 0.717) is 11.3 Å². The van der Waals surface area contributed by atoms with Crippen LogP contribution in [0.25, 0.3) is 0 Å². The van der Waals surface area contributed by atoms with Gasteiger partial charge in [-0.25, -0.2) is 8.42 Å². The average Bonchev–Trinajstić information content (AvgIpc) is 2.19. The summed E-state index contributed by atoms with van der Waals surface area (Å²) >= 11 is 0. The van der Waals surface area contributed by atoms with Crippen molar-refractivity contribution in [2.75, 3.05) is 5.75 Å². The van der Waals surface area contributed by atoms with Crippen LogP contribution in [-0.2, 0) is 9.84 Å². The summed E-state index contributed by atoms with van der Waals surface area (Å²) < 4.78 is 23.4. The van der Waals surface area contributed by atoms with Crippen molar-refractivity contribution in [3.63, 3.8) is 0 Å². The maximum atomic E-state index is 11.7. The number of unbranched alkanes of at least 4 members (excludes halogenated alkanes) is 2. The average molecular weight is 211 g/mol. The van der Waals surface area contributed by atoms with E-state index in [1.807, 2.05) is 6.07 Å². The van der Waals surface area contributed by atoms with Crippen molar-refractivity contribution < 1.29 is 8.42 Å². The molecule has 0 aliphatic rings. The van der Waals surface area contributed by atoms with Crippen molar-refractivity contribution in [1.29, 1.82) is 0 Å². The zero-order chi connectivity index (χ0) is 10.4. The summed E-state index contributed by atoms with van der Waals surface area (Å²) in [7, 11) is -3.06. The van der Waals surface area contributed by atoms with Gasteiger partial charge in [-0.1, -0.05) is 38.0 Å². The predicted molar refractivity (Wildman–Crippen MR) is 57.7 cm³/mol. The molecular formula is C11H15O2S. The maximum absolute atomic E-state index is 11.7. The summed E-state index contributed by atoms with van der Waals surface area (Å²) in [4.78, 5) is 0.420. The molecule has 3 heteroatoms. The van der Waals surface area contributed by atoms with Crippen LogP contribution in [-0.4, -0.2) is 14.2 Å². The van der Waals surface area contributed by atoms with Gasteiger partial charge in [0.1, 0.15) is 0 Å². The third kappa shape index (κ3) is 3.14. The van der Waals surface area contributed by atoms with Gasteiger partial charge in [0.15, 0.2) is 9.84 Å². The fourth-order valence-electron chi connectivity index (χ4n) is 1.21. The van der Waals surface area contributed by atoms with Gasteiger partial charge in [-0.05, 0) is 18.6 Å². The maximum Gasteiger partial charge on any atom is 0.178 e. The van der Waals surface area contributed by atoms with Gasteiger partial charge in [-0.2, -0.15) is 0 Å². The smallest absolute Gasteiger partial charge is 0.178 e. The Morgan fingerprint density at radius 2 is 1.71 bits per heavy atom. The molecule has 0 amide bonds. The Labute approximate surface area is 85.9 Å². The molecule has 14 heavy (non-hydrogen) atoms. The number of hydrogen-bond donors (Lipinski definition) is 0. The molecule has 0 fully saturated rings. The van der Waals surface area contributed by atoms with Gasteiger partial charge in [0, 0.05) is 0 Å². The predicted octanol–water partition coefficient (Wildman–Crippen LogP) is 2.46. The second kappa shape index (κ2) is 5.15. The van der Waals surface area contributed by atoms with Crippen molar-refractivity contribution >= 4 is 9.84 Å². The van der Waals surface area contributed by atoms with Gasteiger partial charge in [-0.3, -0.25) is 0 Å². The molecule has 0 saturated heterocycles. The van der Waals surface area contributed by atoms with Gasteiger partial charge in [0.05, 0.1) is 10.6 Å². The lowest BCUT2D eigenvalue weighted by atomic mass is 10.3. The van der Waals surface area contributed by atoms with Crippen molar-refractivity contribution in [2.45, 2.75) is 24.2 Å². The molecule has 1 aromatic rings. The van der Waals surface area contributed by atoms with Crippen LogP contribution in [0.5, 0.6) is 0 Å². The molecule has 77 valence electrons. The molecule has 0 N–H and O–H groups in total. The summed E-state index contributed by atoms with van der Waals surface area (Å²) in [5.74, 6) is 0.229. The van der Waals surface area contributed by atoms with Gasteiger partial charge in [0.25, 0.3) is 0 Å². The van der Waals surface area contributed by atoms with Crippen LogP contribution in [0.2, 0.25) is 0 Å². The summed E-state index contributed by atoms with van der Waals surface area (Å²) in [6.07, 6.45) is 2.36. The molecule has 1 aromatic carbocycles.